The second-order valence-corrected chi connectivity index (χ2v) is 13.4. The number of fused-ring (bicyclic) bond motifs is 4. The lowest BCUT2D eigenvalue weighted by atomic mass is 9.71. The second kappa shape index (κ2) is 11.1. The van der Waals surface area contributed by atoms with Crippen molar-refractivity contribution in [2.75, 3.05) is 18.2 Å². The van der Waals surface area contributed by atoms with Crippen LogP contribution in [0.3, 0.4) is 0 Å². The molecule has 0 saturated heterocycles. The molecule has 3 aromatic rings. The number of rotatable bonds is 6. The lowest BCUT2D eigenvalue weighted by molar-refractivity contribution is -0.115. The number of carbonyl (C=O) groups is 2. The average molecular weight is 560 g/mol. The molecule has 2 aliphatic carbocycles. The summed E-state index contributed by atoms with van der Waals surface area (Å²) in [6.07, 6.45) is 4.78. The molecule has 0 saturated carbocycles. The maximum atomic E-state index is 13.0. The number of thiophene rings is 1. The summed E-state index contributed by atoms with van der Waals surface area (Å²) in [6.45, 7) is 6.82. The molecule has 6 nitrogen and oxygen atoms in total. The minimum absolute atomic E-state index is 0.177. The minimum Gasteiger partial charge on any atom is -0.465 e. The highest BCUT2D eigenvalue weighted by atomic mass is 32.2. The summed E-state index contributed by atoms with van der Waals surface area (Å²) in [4.78, 5) is 31.6. The molecule has 0 spiro atoms. The number of carbonyl (C=O) groups excluding carboxylic acids is 2. The number of hydrogen-bond donors (Lipinski definition) is 1. The largest absolute Gasteiger partial charge is 0.465 e. The van der Waals surface area contributed by atoms with E-state index in [-0.39, 0.29) is 17.7 Å². The van der Waals surface area contributed by atoms with Gasteiger partial charge in [-0.25, -0.2) is 9.78 Å². The Balaban J connectivity index is 1.28. The first kappa shape index (κ1) is 27.4. The predicted octanol–water partition coefficient (Wildman–Crippen LogP) is 6.84. The van der Waals surface area contributed by atoms with E-state index in [1.165, 1.54) is 41.3 Å². The van der Waals surface area contributed by atoms with E-state index in [2.05, 4.69) is 44.3 Å². The summed E-state index contributed by atoms with van der Waals surface area (Å²) in [5.41, 5.74) is 6.83. The maximum absolute atomic E-state index is 13.0. The number of hydrogen-bond acceptors (Lipinski definition) is 7. The standard InChI is InChI=1S/C31H33N3O3S2/c1-31(2,3)21-10-12-24-19(16-21)15-20(17-32)28(33-24)38-14-13-25(35)34-29-26(30(36)37-4)23-11-9-18-7-5-6-8-22(18)27(23)39-29/h5-8,15,21H,9-14,16H2,1-4H3,(H,34,35). The van der Waals surface area contributed by atoms with Crippen LogP contribution >= 0.6 is 23.1 Å². The number of anilines is 1. The predicted molar refractivity (Wildman–Crippen MR) is 156 cm³/mol. The van der Waals surface area contributed by atoms with Crippen LogP contribution in [-0.4, -0.2) is 29.7 Å². The fourth-order valence-corrected chi connectivity index (χ4v) is 7.78. The number of ether oxygens (including phenoxy) is 1. The Morgan fingerprint density at radius 2 is 2.00 bits per heavy atom. The monoisotopic (exact) mass is 559 g/mol. The van der Waals surface area contributed by atoms with E-state index in [4.69, 9.17) is 9.72 Å². The van der Waals surface area contributed by atoms with Crippen LogP contribution in [0.15, 0.2) is 35.4 Å². The number of pyridine rings is 1. The third-order valence-electron chi connectivity index (χ3n) is 7.82. The summed E-state index contributed by atoms with van der Waals surface area (Å²) in [5.74, 6) is 0.455. The highest BCUT2D eigenvalue weighted by molar-refractivity contribution is 7.99. The molecule has 0 bridgehead atoms. The highest BCUT2D eigenvalue weighted by Gasteiger charge is 2.31. The number of nitrogens with zero attached hydrogens (tertiary/aromatic N) is 2. The Morgan fingerprint density at radius 3 is 2.74 bits per heavy atom. The van der Waals surface area contributed by atoms with Gasteiger partial charge in [0.15, 0.2) is 0 Å². The van der Waals surface area contributed by atoms with Crippen molar-refractivity contribution < 1.29 is 14.3 Å². The SMILES string of the molecule is COC(=O)c1c(NC(=O)CCSc2nc3c(cc2C#N)CC(C(C)(C)C)CC3)sc2c1CCc1ccccc1-2. The summed E-state index contributed by atoms with van der Waals surface area (Å²) in [7, 11) is 1.37. The number of methoxy groups -OCH3 is 1. The zero-order valence-corrected chi connectivity index (χ0v) is 24.5. The molecule has 2 aliphatic rings. The molecule has 0 radical (unpaired) electrons. The van der Waals surface area contributed by atoms with Gasteiger partial charge in [0.25, 0.3) is 0 Å². The molecule has 8 heteroatoms. The van der Waals surface area contributed by atoms with Gasteiger partial charge in [0, 0.05) is 22.7 Å². The van der Waals surface area contributed by atoms with Gasteiger partial charge >= 0.3 is 5.97 Å². The first-order valence-electron chi connectivity index (χ1n) is 13.4. The summed E-state index contributed by atoms with van der Waals surface area (Å²) >= 11 is 2.87. The number of benzene rings is 1. The van der Waals surface area contributed by atoms with Gasteiger partial charge in [-0.2, -0.15) is 5.26 Å². The number of esters is 1. The van der Waals surface area contributed by atoms with Crippen LogP contribution < -0.4 is 5.32 Å². The minimum atomic E-state index is -0.429. The fourth-order valence-electron chi connectivity index (χ4n) is 5.55. The number of aromatic nitrogens is 1. The van der Waals surface area contributed by atoms with Crippen LogP contribution in [0, 0.1) is 22.7 Å². The van der Waals surface area contributed by atoms with Crippen molar-refractivity contribution in [3.63, 3.8) is 0 Å². The zero-order valence-electron chi connectivity index (χ0n) is 22.8. The zero-order chi connectivity index (χ0) is 27.7. The van der Waals surface area contributed by atoms with Crippen LogP contribution in [0.2, 0.25) is 0 Å². The van der Waals surface area contributed by atoms with Crippen molar-refractivity contribution in [3.8, 4) is 16.5 Å². The molecule has 2 heterocycles. The van der Waals surface area contributed by atoms with E-state index >= 15 is 0 Å². The van der Waals surface area contributed by atoms with Crippen molar-refractivity contribution in [3.05, 3.63) is 63.8 Å². The normalized spacial score (nSPS) is 15.9. The second-order valence-electron chi connectivity index (χ2n) is 11.3. The van der Waals surface area contributed by atoms with Gasteiger partial charge in [-0.3, -0.25) is 4.79 Å². The third kappa shape index (κ3) is 5.61. The number of thioether (sulfide) groups is 1. The van der Waals surface area contributed by atoms with Crippen LogP contribution in [0.25, 0.3) is 10.4 Å². The molecule has 1 N–H and O–H groups in total. The van der Waals surface area contributed by atoms with Crippen molar-refractivity contribution in [2.45, 2.75) is 64.3 Å². The average Bonchev–Trinajstić information content (AvgIpc) is 3.29. The number of nitrogens with one attached hydrogen (secondary N) is 1. The Labute approximate surface area is 238 Å². The topological polar surface area (TPSA) is 92.1 Å². The van der Waals surface area contributed by atoms with Gasteiger partial charge in [-0.05, 0) is 71.8 Å². The van der Waals surface area contributed by atoms with E-state index < -0.39 is 5.97 Å². The Morgan fingerprint density at radius 1 is 1.21 bits per heavy atom. The van der Waals surface area contributed by atoms with Crippen molar-refractivity contribution in [2.24, 2.45) is 11.3 Å². The molecule has 0 fully saturated rings. The molecule has 39 heavy (non-hydrogen) atoms. The summed E-state index contributed by atoms with van der Waals surface area (Å²) in [6, 6.07) is 12.5. The lowest BCUT2D eigenvalue weighted by Gasteiger charge is -2.34. The van der Waals surface area contributed by atoms with Crippen molar-refractivity contribution in [1.82, 2.24) is 4.98 Å². The third-order valence-corrected chi connectivity index (χ3v) is 9.99. The van der Waals surface area contributed by atoms with E-state index in [0.717, 1.165) is 53.8 Å². The fraction of sp³-hybridized carbons (Fsp3) is 0.419. The van der Waals surface area contributed by atoms with Gasteiger partial charge in [-0.1, -0.05) is 45.0 Å². The van der Waals surface area contributed by atoms with Gasteiger partial charge < -0.3 is 10.1 Å². The van der Waals surface area contributed by atoms with Gasteiger partial charge in [-0.15, -0.1) is 23.1 Å². The molecule has 0 aliphatic heterocycles. The van der Waals surface area contributed by atoms with Crippen molar-refractivity contribution >= 4 is 40.0 Å². The number of nitriles is 1. The summed E-state index contributed by atoms with van der Waals surface area (Å²) < 4.78 is 5.08. The first-order valence-corrected chi connectivity index (χ1v) is 15.2. The van der Waals surface area contributed by atoms with Crippen LogP contribution in [-0.2, 0) is 35.2 Å². The van der Waals surface area contributed by atoms with E-state index in [1.807, 2.05) is 18.2 Å². The van der Waals surface area contributed by atoms with Crippen LogP contribution in [0.4, 0.5) is 5.00 Å². The Kier molecular flexibility index (Phi) is 7.84. The molecule has 2 aromatic heterocycles. The molecule has 202 valence electrons. The number of amides is 1. The molecule has 1 amide bonds. The lowest BCUT2D eigenvalue weighted by Crippen LogP contribution is -2.27. The molecule has 1 unspecified atom stereocenters. The molecule has 1 atom stereocenters. The first-order chi connectivity index (χ1) is 18.7. The molecule has 1 aromatic carbocycles. The van der Waals surface area contributed by atoms with Gasteiger partial charge in [0.1, 0.15) is 16.1 Å². The highest BCUT2D eigenvalue weighted by Crippen LogP contribution is 2.45. The van der Waals surface area contributed by atoms with E-state index in [1.54, 1.807) is 0 Å². The number of aryl methyl sites for hydroxylation is 2. The van der Waals surface area contributed by atoms with Gasteiger partial charge in [0.05, 0.1) is 18.2 Å². The van der Waals surface area contributed by atoms with E-state index in [0.29, 0.717) is 32.8 Å². The summed E-state index contributed by atoms with van der Waals surface area (Å²) in [5, 5.41) is 14.0. The van der Waals surface area contributed by atoms with Crippen LogP contribution in [0.1, 0.15) is 71.9 Å². The Bertz CT molecular complexity index is 1480. The Hall–Kier alpha value is -3.15. The van der Waals surface area contributed by atoms with Gasteiger partial charge in [0.2, 0.25) is 5.91 Å². The molecular formula is C31H33N3O3S2. The van der Waals surface area contributed by atoms with E-state index in [9.17, 15) is 14.9 Å². The quantitative estimate of drug-likeness (QED) is 0.263. The molecule has 5 rings (SSSR count). The maximum Gasteiger partial charge on any atom is 0.341 e. The smallest absolute Gasteiger partial charge is 0.341 e. The van der Waals surface area contributed by atoms with Crippen LogP contribution in [0.5, 0.6) is 0 Å². The van der Waals surface area contributed by atoms with Crippen molar-refractivity contribution in [1.29, 1.82) is 5.26 Å². The molecular weight excluding hydrogens is 526 g/mol.